The molecule has 0 aliphatic carbocycles. The van der Waals surface area contributed by atoms with Gasteiger partial charge in [0.2, 0.25) is 0 Å². The van der Waals surface area contributed by atoms with Gasteiger partial charge in [-0.25, -0.2) is 4.39 Å². The first-order chi connectivity index (χ1) is 9.11. The van der Waals surface area contributed by atoms with Crippen LogP contribution in [0.4, 0.5) is 4.39 Å². The molecule has 1 aromatic carbocycles. The summed E-state index contributed by atoms with van der Waals surface area (Å²) in [4.78, 5) is 0. The molecule has 1 aliphatic rings. The van der Waals surface area contributed by atoms with Crippen molar-refractivity contribution in [3.8, 4) is 11.5 Å². The van der Waals surface area contributed by atoms with Gasteiger partial charge in [-0.05, 0) is 57.3 Å². The molecule has 4 heteroatoms. The zero-order valence-corrected chi connectivity index (χ0v) is 11.8. The molecule has 1 saturated heterocycles. The normalized spacial score (nSPS) is 16.7. The maximum absolute atomic E-state index is 14.2. The molecule has 0 radical (unpaired) electrons. The van der Waals surface area contributed by atoms with E-state index in [0.717, 1.165) is 31.5 Å². The molecule has 1 aromatic rings. The highest BCUT2D eigenvalue weighted by Crippen LogP contribution is 2.36. The minimum atomic E-state index is -0.195. The summed E-state index contributed by atoms with van der Waals surface area (Å²) < 4.78 is 25.1. The Morgan fingerprint density at radius 3 is 2.47 bits per heavy atom. The minimum Gasteiger partial charge on any atom is -0.493 e. The Balaban J connectivity index is 2.31. The lowest BCUT2D eigenvalue weighted by molar-refractivity contribution is 0.229. The van der Waals surface area contributed by atoms with Gasteiger partial charge in [0, 0.05) is 6.07 Å². The van der Waals surface area contributed by atoms with Crippen LogP contribution in [0.3, 0.4) is 0 Å². The predicted octanol–water partition coefficient (Wildman–Crippen LogP) is 3.09. The summed E-state index contributed by atoms with van der Waals surface area (Å²) in [6, 6.07) is 3.25. The molecular weight excluding hydrogens is 245 g/mol. The molecule has 0 unspecified atom stereocenters. The van der Waals surface area contributed by atoms with Crippen molar-refractivity contribution in [2.45, 2.75) is 38.7 Å². The van der Waals surface area contributed by atoms with Gasteiger partial charge in [0.1, 0.15) is 5.82 Å². The van der Waals surface area contributed by atoms with E-state index in [1.807, 2.05) is 19.9 Å². The Morgan fingerprint density at radius 1 is 1.21 bits per heavy atom. The van der Waals surface area contributed by atoms with Crippen molar-refractivity contribution >= 4 is 0 Å². The van der Waals surface area contributed by atoms with E-state index in [1.165, 1.54) is 13.2 Å². The van der Waals surface area contributed by atoms with E-state index in [0.29, 0.717) is 11.5 Å². The molecule has 2 rings (SSSR count). The van der Waals surface area contributed by atoms with Crippen molar-refractivity contribution < 1.29 is 13.9 Å². The average Bonchev–Trinajstić information content (AvgIpc) is 2.40. The lowest BCUT2D eigenvalue weighted by Crippen LogP contribution is -2.27. The van der Waals surface area contributed by atoms with Gasteiger partial charge in [-0.2, -0.15) is 0 Å². The van der Waals surface area contributed by atoms with E-state index in [2.05, 4.69) is 5.32 Å². The van der Waals surface area contributed by atoms with Gasteiger partial charge in [0.15, 0.2) is 11.5 Å². The van der Waals surface area contributed by atoms with Crippen LogP contribution >= 0.6 is 0 Å². The number of piperidine rings is 1. The van der Waals surface area contributed by atoms with Crippen LogP contribution in [0.1, 0.15) is 38.2 Å². The van der Waals surface area contributed by atoms with Crippen molar-refractivity contribution in [1.29, 1.82) is 0 Å². The van der Waals surface area contributed by atoms with E-state index in [-0.39, 0.29) is 17.8 Å². The van der Waals surface area contributed by atoms with Crippen LogP contribution in [0.2, 0.25) is 0 Å². The second kappa shape index (κ2) is 6.24. The Labute approximate surface area is 114 Å². The Kier molecular flexibility index (Phi) is 4.64. The smallest absolute Gasteiger partial charge is 0.163 e. The second-order valence-corrected chi connectivity index (χ2v) is 5.22. The van der Waals surface area contributed by atoms with Crippen molar-refractivity contribution in [2.24, 2.45) is 0 Å². The molecule has 0 atom stereocenters. The van der Waals surface area contributed by atoms with Gasteiger partial charge in [-0.3, -0.25) is 0 Å². The first-order valence-electron chi connectivity index (χ1n) is 6.86. The molecule has 0 amide bonds. The zero-order valence-electron chi connectivity index (χ0n) is 11.8. The van der Waals surface area contributed by atoms with Crippen molar-refractivity contribution in [3.63, 3.8) is 0 Å². The molecule has 1 N–H and O–H groups in total. The molecule has 0 spiro atoms. The number of hydrogen-bond acceptors (Lipinski definition) is 3. The van der Waals surface area contributed by atoms with Crippen molar-refractivity contribution in [3.05, 3.63) is 23.5 Å². The Morgan fingerprint density at radius 2 is 1.89 bits per heavy atom. The number of ether oxygens (including phenoxy) is 2. The van der Waals surface area contributed by atoms with Crippen LogP contribution in [0.5, 0.6) is 11.5 Å². The molecule has 0 aromatic heterocycles. The number of benzene rings is 1. The van der Waals surface area contributed by atoms with E-state index in [1.54, 1.807) is 0 Å². The third-order valence-electron chi connectivity index (χ3n) is 3.42. The molecule has 0 saturated carbocycles. The van der Waals surface area contributed by atoms with Crippen LogP contribution in [-0.4, -0.2) is 26.3 Å². The zero-order chi connectivity index (χ0) is 13.8. The topological polar surface area (TPSA) is 30.5 Å². The van der Waals surface area contributed by atoms with Gasteiger partial charge >= 0.3 is 0 Å². The number of rotatable bonds is 4. The molecular formula is C15H22FNO2. The maximum Gasteiger partial charge on any atom is 0.163 e. The minimum absolute atomic E-state index is 0.0419. The Hall–Kier alpha value is -1.29. The molecule has 1 aliphatic heterocycles. The quantitative estimate of drug-likeness (QED) is 0.909. The summed E-state index contributed by atoms with van der Waals surface area (Å²) in [5.41, 5.74) is 0.748. The van der Waals surface area contributed by atoms with Crippen LogP contribution in [0.15, 0.2) is 12.1 Å². The van der Waals surface area contributed by atoms with Gasteiger partial charge in [0.05, 0.1) is 13.2 Å². The second-order valence-electron chi connectivity index (χ2n) is 5.22. The largest absolute Gasteiger partial charge is 0.493 e. The summed E-state index contributed by atoms with van der Waals surface area (Å²) in [7, 11) is 1.53. The standard InChI is InChI=1S/C15H22FNO2/c1-10(2)19-15-8-12(11-4-6-17-7-5-11)13(16)9-14(15)18-3/h8-11,17H,4-7H2,1-3H3. The fourth-order valence-electron chi connectivity index (χ4n) is 2.50. The fraction of sp³-hybridized carbons (Fsp3) is 0.600. The highest BCUT2D eigenvalue weighted by Gasteiger charge is 2.21. The van der Waals surface area contributed by atoms with Crippen LogP contribution in [0, 0.1) is 5.82 Å². The highest BCUT2D eigenvalue weighted by atomic mass is 19.1. The van der Waals surface area contributed by atoms with E-state index in [9.17, 15) is 4.39 Å². The van der Waals surface area contributed by atoms with Crippen LogP contribution < -0.4 is 14.8 Å². The lowest BCUT2D eigenvalue weighted by atomic mass is 9.89. The van der Waals surface area contributed by atoms with Crippen molar-refractivity contribution in [1.82, 2.24) is 5.32 Å². The molecule has 106 valence electrons. The molecule has 0 bridgehead atoms. The number of methoxy groups -OCH3 is 1. The fourth-order valence-corrected chi connectivity index (χ4v) is 2.50. The summed E-state index contributed by atoms with van der Waals surface area (Å²) in [5.74, 6) is 1.16. The maximum atomic E-state index is 14.2. The predicted molar refractivity (Wildman–Crippen MR) is 73.6 cm³/mol. The number of halogens is 1. The van der Waals surface area contributed by atoms with Crippen molar-refractivity contribution in [2.75, 3.05) is 20.2 Å². The summed E-state index contributed by atoms with van der Waals surface area (Å²) in [6.45, 7) is 5.78. The summed E-state index contributed by atoms with van der Waals surface area (Å²) in [5, 5.41) is 3.29. The summed E-state index contributed by atoms with van der Waals surface area (Å²) in [6.07, 6.45) is 1.97. The molecule has 1 heterocycles. The first-order valence-corrected chi connectivity index (χ1v) is 6.86. The third-order valence-corrected chi connectivity index (χ3v) is 3.42. The first kappa shape index (κ1) is 14.1. The van der Waals surface area contributed by atoms with Crippen LogP contribution in [0.25, 0.3) is 0 Å². The SMILES string of the molecule is COc1cc(F)c(C2CCNCC2)cc1OC(C)C. The average molecular weight is 267 g/mol. The molecule has 1 fully saturated rings. The van der Waals surface area contributed by atoms with Gasteiger partial charge < -0.3 is 14.8 Å². The van der Waals surface area contributed by atoms with Gasteiger partial charge in [-0.1, -0.05) is 0 Å². The lowest BCUT2D eigenvalue weighted by Gasteiger charge is -2.24. The molecule has 19 heavy (non-hydrogen) atoms. The third kappa shape index (κ3) is 3.38. The summed E-state index contributed by atoms with van der Waals surface area (Å²) >= 11 is 0. The number of nitrogens with one attached hydrogen (secondary N) is 1. The monoisotopic (exact) mass is 267 g/mol. The van der Waals surface area contributed by atoms with E-state index < -0.39 is 0 Å². The Bertz CT molecular complexity index is 428. The van der Waals surface area contributed by atoms with E-state index >= 15 is 0 Å². The van der Waals surface area contributed by atoms with Gasteiger partial charge in [-0.15, -0.1) is 0 Å². The highest BCUT2D eigenvalue weighted by molar-refractivity contribution is 5.45. The molecule has 3 nitrogen and oxygen atoms in total. The van der Waals surface area contributed by atoms with Crippen LogP contribution in [-0.2, 0) is 0 Å². The van der Waals surface area contributed by atoms with E-state index in [4.69, 9.17) is 9.47 Å². The number of hydrogen-bond donors (Lipinski definition) is 1. The van der Waals surface area contributed by atoms with Gasteiger partial charge in [0.25, 0.3) is 0 Å².